The number of carbonyl (C=O) groups excluding carboxylic acids is 1. The van der Waals surface area contributed by atoms with Gasteiger partial charge in [-0.3, -0.25) is 4.79 Å². The first-order chi connectivity index (χ1) is 9.75. The van der Waals surface area contributed by atoms with Gasteiger partial charge in [0.15, 0.2) is 0 Å². The summed E-state index contributed by atoms with van der Waals surface area (Å²) in [6.45, 7) is 2.56. The molecule has 1 fully saturated rings. The van der Waals surface area contributed by atoms with Crippen LogP contribution in [0.25, 0.3) is 5.69 Å². The van der Waals surface area contributed by atoms with Crippen molar-refractivity contribution < 1.29 is 9.53 Å². The molecule has 0 aliphatic carbocycles. The highest BCUT2D eigenvalue weighted by molar-refractivity contribution is 9.10. The Morgan fingerprint density at radius 1 is 1.15 bits per heavy atom. The zero-order valence-electron chi connectivity index (χ0n) is 11.0. The van der Waals surface area contributed by atoms with Crippen molar-refractivity contribution in [2.75, 3.05) is 26.3 Å². The van der Waals surface area contributed by atoms with Crippen LogP contribution in [-0.2, 0) is 4.74 Å². The zero-order valence-corrected chi connectivity index (χ0v) is 12.5. The minimum Gasteiger partial charge on any atom is -0.378 e. The quantitative estimate of drug-likeness (QED) is 0.846. The van der Waals surface area contributed by atoms with Gasteiger partial charge in [-0.1, -0.05) is 0 Å². The molecule has 20 heavy (non-hydrogen) atoms. The molecule has 2 heterocycles. The van der Waals surface area contributed by atoms with Crippen molar-refractivity contribution >= 4 is 21.8 Å². The van der Waals surface area contributed by atoms with Crippen LogP contribution in [0.4, 0.5) is 0 Å². The highest BCUT2D eigenvalue weighted by atomic mass is 79.9. The maximum Gasteiger partial charge on any atom is 0.254 e. The molecule has 2 aromatic rings. The maximum absolute atomic E-state index is 12.5. The molecule has 0 N–H and O–H groups in total. The summed E-state index contributed by atoms with van der Waals surface area (Å²) in [5, 5.41) is 0. The number of halogens is 1. The lowest BCUT2D eigenvalue weighted by Crippen LogP contribution is -2.40. The van der Waals surface area contributed by atoms with Gasteiger partial charge >= 0.3 is 0 Å². The van der Waals surface area contributed by atoms with E-state index in [4.69, 9.17) is 4.74 Å². The number of carbonyl (C=O) groups is 1. The fourth-order valence-corrected chi connectivity index (χ4v) is 2.74. The first kappa shape index (κ1) is 13.4. The monoisotopic (exact) mass is 334 g/mol. The molecule has 4 nitrogen and oxygen atoms in total. The molecular formula is C15H15BrN2O2. The van der Waals surface area contributed by atoms with Crippen LogP contribution in [0.2, 0.25) is 0 Å². The van der Waals surface area contributed by atoms with Crippen molar-refractivity contribution in [3.63, 3.8) is 0 Å². The third-order valence-electron chi connectivity index (χ3n) is 3.37. The van der Waals surface area contributed by atoms with Crippen LogP contribution >= 0.6 is 15.9 Å². The molecule has 0 spiro atoms. The number of amides is 1. The van der Waals surface area contributed by atoms with Crippen LogP contribution in [0.5, 0.6) is 0 Å². The summed E-state index contributed by atoms with van der Waals surface area (Å²) in [6.07, 6.45) is 3.92. The molecular weight excluding hydrogens is 320 g/mol. The maximum atomic E-state index is 12.5. The molecule has 3 rings (SSSR count). The molecule has 1 aliphatic heterocycles. The molecule has 1 saturated heterocycles. The Bertz CT molecular complexity index is 604. The minimum atomic E-state index is 0.0641. The first-order valence-corrected chi connectivity index (χ1v) is 7.35. The first-order valence-electron chi connectivity index (χ1n) is 6.55. The summed E-state index contributed by atoms with van der Waals surface area (Å²) >= 11 is 3.53. The van der Waals surface area contributed by atoms with Crippen LogP contribution < -0.4 is 0 Å². The van der Waals surface area contributed by atoms with Crippen LogP contribution in [0.1, 0.15) is 10.4 Å². The van der Waals surface area contributed by atoms with Crippen LogP contribution in [0.3, 0.4) is 0 Å². The molecule has 0 radical (unpaired) electrons. The van der Waals surface area contributed by atoms with Gasteiger partial charge in [0.25, 0.3) is 5.91 Å². The van der Waals surface area contributed by atoms with Crippen molar-refractivity contribution in [2.24, 2.45) is 0 Å². The molecule has 0 saturated carbocycles. The third kappa shape index (κ3) is 2.64. The van der Waals surface area contributed by atoms with Gasteiger partial charge in [-0.15, -0.1) is 0 Å². The summed E-state index contributed by atoms with van der Waals surface area (Å²) < 4.78 is 8.23. The van der Waals surface area contributed by atoms with E-state index >= 15 is 0 Å². The highest BCUT2D eigenvalue weighted by Crippen LogP contribution is 2.23. The van der Waals surface area contributed by atoms with Gasteiger partial charge in [0, 0.05) is 35.5 Å². The molecule has 0 unspecified atom stereocenters. The summed E-state index contributed by atoms with van der Waals surface area (Å²) in [6, 6.07) is 9.62. The smallest absolute Gasteiger partial charge is 0.254 e. The predicted molar refractivity (Wildman–Crippen MR) is 80.2 cm³/mol. The lowest BCUT2D eigenvalue weighted by Gasteiger charge is -2.27. The number of ether oxygens (including phenoxy) is 1. The number of aromatic nitrogens is 1. The normalized spacial score (nSPS) is 15.3. The van der Waals surface area contributed by atoms with Gasteiger partial charge in [0.1, 0.15) is 0 Å². The summed E-state index contributed by atoms with van der Waals surface area (Å²) in [4.78, 5) is 14.3. The van der Waals surface area contributed by atoms with Gasteiger partial charge < -0.3 is 14.2 Å². The van der Waals surface area contributed by atoms with Crippen molar-refractivity contribution in [3.8, 4) is 5.69 Å². The zero-order chi connectivity index (χ0) is 13.9. The van der Waals surface area contributed by atoms with Crippen LogP contribution in [0, 0.1) is 0 Å². The molecule has 104 valence electrons. The van der Waals surface area contributed by atoms with Crippen LogP contribution in [0.15, 0.2) is 47.2 Å². The number of morpholine rings is 1. The lowest BCUT2D eigenvalue weighted by atomic mass is 10.1. The van der Waals surface area contributed by atoms with E-state index in [1.807, 2.05) is 52.2 Å². The molecule has 1 aromatic heterocycles. The summed E-state index contributed by atoms with van der Waals surface area (Å²) in [5.41, 5.74) is 1.67. The van der Waals surface area contributed by atoms with E-state index in [9.17, 15) is 4.79 Å². The molecule has 1 aliphatic rings. The molecule has 5 heteroatoms. The third-order valence-corrected chi connectivity index (χ3v) is 4.04. The summed E-state index contributed by atoms with van der Waals surface area (Å²) in [5.74, 6) is 0.0641. The second-order valence-electron chi connectivity index (χ2n) is 4.66. The van der Waals surface area contributed by atoms with Crippen molar-refractivity contribution in [1.29, 1.82) is 0 Å². The Morgan fingerprint density at radius 2 is 1.85 bits per heavy atom. The summed E-state index contributed by atoms with van der Waals surface area (Å²) in [7, 11) is 0. The Balaban J connectivity index is 1.90. The number of hydrogen-bond donors (Lipinski definition) is 0. The Hall–Kier alpha value is -1.59. The van der Waals surface area contributed by atoms with E-state index in [0.717, 1.165) is 10.2 Å². The number of benzene rings is 1. The second kappa shape index (κ2) is 5.81. The van der Waals surface area contributed by atoms with E-state index < -0.39 is 0 Å². The van der Waals surface area contributed by atoms with Crippen molar-refractivity contribution in [2.45, 2.75) is 0 Å². The molecule has 0 bridgehead atoms. The number of hydrogen-bond acceptors (Lipinski definition) is 2. The predicted octanol–water partition coefficient (Wildman–Crippen LogP) is 2.71. The van der Waals surface area contributed by atoms with Crippen molar-refractivity contribution in [3.05, 3.63) is 52.8 Å². The topological polar surface area (TPSA) is 34.5 Å². The second-order valence-corrected chi connectivity index (χ2v) is 5.52. The Labute approximate surface area is 126 Å². The van der Waals surface area contributed by atoms with E-state index in [2.05, 4.69) is 15.9 Å². The van der Waals surface area contributed by atoms with Gasteiger partial charge in [-0.2, -0.15) is 0 Å². The van der Waals surface area contributed by atoms with E-state index in [-0.39, 0.29) is 5.91 Å². The standard InChI is InChI=1S/C15H15BrN2O2/c16-13-4-3-12(11-14(13)17-5-1-2-6-17)15(19)18-7-9-20-10-8-18/h1-6,11H,7-10H2. The largest absolute Gasteiger partial charge is 0.378 e. The van der Waals surface area contributed by atoms with Gasteiger partial charge in [-0.05, 0) is 46.3 Å². The average Bonchev–Trinajstić information content (AvgIpc) is 3.02. The molecule has 1 aromatic carbocycles. The van der Waals surface area contributed by atoms with Gasteiger partial charge in [0.2, 0.25) is 0 Å². The fourth-order valence-electron chi connectivity index (χ4n) is 2.29. The number of rotatable bonds is 2. The Morgan fingerprint density at radius 3 is 2.55 bits per heavy atom. The highest BCUT2D eigenvalue weighted by Gasteiger charge is 2.19. The van der Waals surface area contributed by atoms with Crippen LogP contribution in [-0.4, -0.2) is 41.7 Å². The Kier molecular flexibility index (Phi) is 3.89. The van der Waals surface area contributed by atoms with Gasteiger partial charge in [0.05, 0.1) is 18.9 Å². The molecule has 0 atom stereocenters. The van der Waals surface area contributed by atoms with E-state index in [0.29, 0.717) is 31.9 Å². The number of nitrogens with zero attached hydrogens (tertiary/aromatic N) is 2. The lowest BCUT2D eigenvalue weighted by molar-refractivity contribution is 0.0303. The van der Waals surface area contributed by atoms with E-state index in [1.165, 1.54) is 0 Å². The average molecular weight is 335 g/mol. The van der Waals surface area contributed by atoms with E-state index in [1.54, 1.807) is 0 Å². The SMILES string of the molecule is O=C(c1ccc(Br)c(-n2cccc2)c1)N1CCOCC1. The fraction of sp³-hybridized carbons (Fsp3) is 0.267. The van der Waals surface area contributed by atoms with Crippen molar-refractivity contribution in [1.82, 2.24) is 9.47 Å². The molecule has 1 amide bonds. The minimum absolute atomic E-state index is 0.0641. The van der Waals surface area contributed by atoms with Gasteiger partial charge in [-0.25, -0.2) is 0 Å².